The van der Waals surface area contributed by atoms with Crippen molar-refractivity contribution < 1.29 is 22.7 Å². The van der Waals surface area contributed by atoms with E-state index in [9.17, 15) is 13.2 Å². The highest BCUT2D eigenvalue weighted by Gasteiger charge is 2.35. The Kier molecular flexibility index (Phi) is 5.59. The highest BCUT2D eigenvalue weighted by atomic mass is 32.2. The molecule has 10 heteroatoms. The molecule has 0 N–H and O–H groups in total. The van der Waals surface area contributed by atoms with Gasteiger partial charge in [-0.25, -0.2) is 27.5 Å². The van der Waals surface area contributed by atoms with Crippen molar-refractivity contribution in [2.24, 2.45) is 5.92 Å². The van der Waals surface area contributed by atoms with Crippen LogP contribution in [0.5, 0.6) is 0 Å². The third-order valence-electron chi connectivity index (χ3n) is 4.54. The van der Waals surface area contributed by atoms with Gasteiger partial charge in [-0.2, -0.15) is 0 Å². The van der Waals surface area contributed by atoms with Crippen LogP contribution in [0.1, 0.15) is 16.5 Å². The average Bonchev–Trinajstić information content (AvgIpc) is 3.29. The zero-order chi connectivity index (χ0) is 19.6. The molecule has 0 unspecified atom stereocenters. The molecule has 1 aliphatic heterocycles. The Hall–Kier alpha value is -2.30. The van der Waals surface area contributed by atoms with Gasteiger partial charge in [0, 0.05) is 32.4 Å². The minimum Gasteiger partial charge on any atom is -0.464 e. The normalized spacial score (nSPS) is 20.1. The first-order chi connectivity index (χ1) is 12.8. The predicted octanol–water partition coefficient (Wildman–Crippen LogP) is 0.811. The number of ether oxygens (including phenoxy) is 2. The Bertz CT molecular complexity index is 925. The molecule has 0 bridgehead atoms. The van der Waals surface area contributed by atoms with Gasteiger partial charge in [0.2, 0.25) is 10.0 Å². The monoisotopic (exact) mass is 394 g/mol. The lowest BCUT2D eigenvalue weighted by atomic mass is 10.1. The summed E-state index contributed by atoms with van der Waals surface area (Å²) >= 11 is 0. The Morgan fingerprint density at radius 1 is 1.37 bits per heavy atom. The molecule has 9 nitrogen and oxygen atoms in total. The number of pyridine rings is 1. The van der Waals surface area contributed by atoms with Crippen molar-refractivity contribution in [3.05, 3.63) is 36.3 Å². The van der Waals surface area contributed by atoms with Gasteiger partial charge in [-0.3, -0.25) is 0 Å². The van der Waals surface area contributed by atoms with E-state index in [0.29, 0.717) is 24.7 Å². The summed E-state index contributed by atoms with van der Waals surface area (Å²) in [6, 6.07) is 4.81. The van der Waals surface area contributed by atoms with Crippen LogP contribution in [0.15, 0.2) is 30.6 Å². The molecule has 2 atom stereocenters. The molecule has 1 aliphatic rings. The lowest BCUT2D eigenvalue weighted by molar-refractivity contribution is 0.0594. The van der Waals surface area contributed by atoms with Crippen molar-refractivity contribution in [1.29, 1.82) is 0 Å². The third-order valence-corrected chi connectivity index (χ3v) is 6.51. The Morgan fingerprint density at radius 3 is 2.85 bits per heavy atom. The summed E-state index contributed by atoms with van der Waals surface area (Å²) in [5, 5.41) is 0. The van der Waals surface area contributed by atoms with E-state index in [-0.39, 0.29) is 23.4 Å². The van der Waals surface area contributed by atoms with Gasteiger partial charge in [-0.1, -0.05) is 6.07 Å². The maximum absolute atomic E-state index is 12.3. The molecule has 1 saturated heterocycles. The van der Waals surface area contributed by atoms with Gasteiger partial charge in [0.1, 0.15) is 11.4 Å². The summed E-state index contributed by atoms with van der Waals surface area (Å²) in [4.78, 5) is 20.4. The van der Waals surface area contributed by atoms with E-state index < -0.39 is 16.0 Å². The maximum atomic E-state index is 12.3. The van der Waals surface area contributed by atoms with E-state index in [1.165, 1.54) is 25.5 Å². The number of hydrogen-bond acceptors (Lipinski definition) is 7. The largest absolute Gasteiger partial charge is 0.464 e. The highest BCUT2D eigenvalue weighted by Crippen LogP contribution is 2.31. The van der Waals surface area contributed by atoms with Gasteiger partial charge in [-0.15, -0.1) is 0 Å². The first-order valence-corrected chi connectivity index (χ1v) is 10.0. The van der Waals surface area contributed by atoms with Crippen molar-refractivity contribution in [2.75, 3.05) is 40.2 Å². The Labute approximate surface area is 158 Å². The smallest absolute Gasteiger partial charge is 0.356 e. The van der Waals surface area contributed by atoms with Crippen LogP contribution in [-0.2, 0) is 19.5 Å². The van der Waals surface area contributed by atoms with Gasteiger partial charge in [0.15, 0.2) is 5.82 Å². The summed E-state index contributed by atoms with van der Waals surface area (Å²) in [6.45, 7) is 0.735. The number of sulfonamides is 1. The molecule has 146 valence electrons. The van der Waals surface area contributed by atoms with Crippen LogP contribution in [0.4, 0.5) is 0 Å². The number of carbonyl (C=O) groups is 1. The summed E-state index contributed by atoms with van der Waals surface area (Å²) in [7, 11) is 0.971. The first-order valence-electron chi connectivity index (χ1n) is 8.40. The standard InChI is InChI=1S/C17H22N4O5S/c1-20(2)27(23,24)11-12-9-26-10-15(12)21-8-7-18-16(21)13-5-4-6-14(19-13)17(22)25-3/h4-8,12,15H,9-11H2,1-3H3/t12-,15+/m0/s1. The number of methoxy groups -OCH3 is 1. The molecule has 0 aromatic carbocycles. The van der Waals surface area contributed by atoms with Crippen LogP contribution < -0.4 is 0 Å². The number of aromatic nitrogens is 3. The molecule has 0 amide bonds. The summed E-state index contributed by atoms with van der Waals surface area (Å²) in [6.07, 6.45) is 3.40. The predicted molar refractivity (Wildman–Crippen MR) is 97.6 cm³/mol. The number of nitrogens with zero attached hydrogens (tertiary/aromatic N) is 4. The number of hydrogen-bond donors (Lipinski definition) is 0. The van der Waals surface area contributed by atoms with Crippen LogP contribution >= 0.6 is 0 Å². The quantitative estimate of drug-likeness (QED) is 0.668. The van der Waals surface area contributed by atoms with Crippen molar-refractivity contribution in [1.82, 2.24) is 18.8 Å². The van der Waals surface area contributed by atoms with Gasteiger partial charge >= 0.3 is 5.97 Å². The Balaban J connectivity index is 1.92. The summed E-state index contributed by atoms with van der Waals surface area (Å²) in [5.41, 5.74) is 0.683. The van der Waals surface area contributed by atoms with E-state index in [0.717, 1.165) is 0 Å². The van der Waals surface area contributed by atoms with Gasteiger partial charge < -0.3 is 14.0 Å². The second-order valence-corrected chi connectivity index (χ2v) is 8.71. The molecule has 0 spiro atoms. The molecule has 27 heavy (non-hydrogen) atoms. The molecule has 1 fully saturated rings. The second-order valence-electron chi connectivity index (χ2n) is 6.48. The lowest BCUT2D eigenvalue weighted by Gasteiger charge is -2.22. The Morgan fingerprint density at radius 2 is 2.15 bits per heavy atom. The van der Waals surface area contributed by atoms with E-state index in [1.54, 1.807) is 30.6 Å². The topological polar surface area (TPSA) is 104 Å². The minimum atomic E-state index is -3.36. The molecule has 0 radical (unpaired) electrons. The molecule has 3 heterocycles. The summed E-state index contributed by atoms with van der Waals surface area (Å²) in [5.74, 6) is -0.218. The van der Waals surface area contributed by atoms with Crippen LogP contribution in [-0.4, -0.2) is 73.4 Å². The van der Waals surface area contributed by atoms with E-state index >= 15 is 0 Å². The zero-order valence-electron chi connectivity index (χ0n) is 15.4. The van der Waals surface area contributed by atoms with Crippen LogP contribution in [0.25, 0.3) is 11.5 Å². The highest BCUT2D eigenvalue weighted by molar-refractivity contribution is 7.89. The molecule has 0 aliphatic carbocycles. The van der Waals surface area contributed by atoms with E-state index in [4.69, 9.17) is 9.47 Å². The molecular formula is C17H22N4O5S. The molecule has 3 rings (SSSR count). The molecule has 2 aromatic heterocycles. The van der Waals surface area contributed by atoms with Gasteiger partial charge in [0.05, 0.1) is 32.1 Å². The number of imidazole rings is 1. The first kappa shape index (κ1) is 19.5. The van der Waals surface area contributed by atoms with E-state index in [2.05, 4.69) is 9.97 Å². The average molecular weight is 394 g/mol. The number of rotatable bonds is 6. The second kappa shape index (κ2) is 7.75. The third kappa shape index (κ3) is 4.02. The van der Waals surface area contributed by atoms with Crippen molar-refractivity contribution in [2.45, 2.75) is 6.04 Å². The van der Waals surface area contributed by atoms with Gasteiger partial charge in [-0.05, 0) is 12.1 Å². The maximum Gasteiger partial charge on any atom is 0.356 e. The van der Waals surface area contributed by atoms with Crippen LogP contribution in [0, 0.1) is 5.92 Å². The van der Waals surface area contributed by atoms with Crippen molar-refractivity contribution >= 4 is 16.0 Å². The molecule has 2 aromatic rings. The minimum absolute atomic E-state index is 0.0160. The lowest BCUT2D eigenvalue weighted by Crippen LogP contribution is -2.32. The van der Waals surface area contributed by atoms with Gasteiger partial charge in [0.25, 0.3) is 0 Å². The number of carbonyl (C=O) groups excluding carboxylic acids is 1. The van der Waals surface area contributed by atoms with Crippen molar-refractivity contribution in [3.63, 3.8) is 0 Å². The van der Waals surface area contributed by atoms with Crippen LogP contribution in [0.3, 0.4) is 0 Å². The number of esters is 1. The summed E-state index contributed by atoms with van der Waals surface area (Å²) < 4.78 is 37.9. The fraction of sp³-hybridized carbons (Fsp3) is 0.471. The fourth-order valence-corrected chi connectivity index (χ4v) is 4.19. The fourth-order valence-electron chi connectivity index (χ4n) is 3.03. The van der Waals surface area contributed by atoms with Crippen molar-refractivity contribution in [3.8, 4) is 11.5 Å². The van der Waals surface area contributed by atoms with E-state index in [1.807, 2.05) is 4.57 Å². The molecule has 0 saturated carbocycles. The zero-order valence-corrected chi connectivity index (χ0v) is 16.2. The van der Waals surface area contributed by atoms with Crippen LogP contribution in [0.2, 0.25) is 0 Å². The molecular weight excluding hydrogens is 372 g/mol. The SMILES string of the molecule is COC(=O)c1cccc(-c2nccn2[C@@H]2COC[C@H]2CS(=O)(=O)N(C)C)n1.